The van der Waals surface area contributed by atoms with E-state index in [0.29, 0.717) is 0 Å². The molecule has 1 saturated heterocycles. The Balaban J connectivity index is 1.74. The molecule has 1 N–H and O–H groups in total. The minimum atomic E-state index is 0.776. The van der Waals surface area contributed by atoms with E-state index < -0.39 is 0 Å². The van der Waals surface area contributed by atoms with Crippen molar-refractivity contribution in [2.75, 3.05) is 26.7 Å². The average molecular weight is 266 g/mol. The van der Waals surface area contributed by atoms with Gasteiger partial charge in [0.05, 0.1) is 6.54 Å². The number of hydrogen-bond donors (Lipinski definition) is 1. The van der Waals surface area contributed by atoms with Crippen molar-refractivity contribution in [2.24, 2.45) is 5.92 Å². The molecule has 1 aliphatic heterocycles. The minimum absolute atomic E-state index is 0.776. The molecule has 2 heterocycles. The van der Waals surface area contributed by atoms with Crippen LogP contribution in [-0.4, -0.2) is 41.7 Å². The van der Waals surface area contributed by atoms with Crippen molar-refractivity contribution in [3.8, 4) is 0 Å². The van der Waals surface area contributed by atoms with E-state index >= 15 is 0 Å². The second-order valence-electron chi connectivity index (χ2n) is 5.49. The third-order valence-corrected chi connectivity index (χ3v) is 3.82. The van der Waals surface area contributed by atoms with Crippen LogP contribution in [0.4, 0.5) is 0 Å². The Hall–Kier alpha value is -0.940. The van der Waals surface area contributed by atoms with Gasteiger partial charge in [-0.15, -0.1) is 0 Å². The first-order valence-corrected chi connectivity index (χ1v) is 7.50. The predicted octanol–water partition coefficient (Wildman–Crippen LogP) is 1.84. The molecule has 0 bridgehead atoms. The predicted molar refractivity (Wildman–Crippen MR) is 74.8 cm³/mol. The molecule has 0 amide bonds. The monoisotopic (exact) mass is 266 g/mol. The van der Waals surface area contributed by atoms with Gasteiger partial charge in [0.1, 0.15) is 0 Å². The van der Waals surface area contributed by atoms with Crippen LogP contribution >= 0.6 is 0 Å². The van der Waals surface area contributed by atoms with E-state index in [1.807, 2.05) is 7.05 Å². The molecule has 108 valence electrons. The van der Waals surface area contributed by atoms with Gasteiger partial charge >= 0.3 is 0 Å². The van der Waals surface area contributed by atoms with E-state index in [9.17, 15) is 0 Å². The Morgan fingerprint density at radius 1 is 1.37 bits per heavy atom. The lowest BCUT2D eigenvalue weighted by atomic mass is 9.97. The van der Waals surface area contributed by atoms with Gasteiger partial charge in [0.25, 0.3) is 0 Å². The first-order valence-electron chi connectivity index (χ1n) is 7.50. The highest BCUT2D eigenvalue weighted by Gasteiger charge is 2.20. The van der Waals surface area contributed by atoms with Crippen LogP contribution in [0.3, 0.4) is 0 Å². The molecule has 0 unspecified atom stereocenters. The quantitative estimate of drug-likeness (QED) is 0.816. The van der Waals surface area contributed by atoms with Crippen molar-refractivity contribution in [2.45, 2.75) is 45.6 Å². The highest BCUT2D eigenvalue weighted by Crippen LogP contribution is 2.18. The zero-order valence-corrected chi connectivity index (χ0v) is 12.2. The van der Waals surface area contributed by atoms with Crippen LogP contribution in [0, 0.1) is 5.92 Å². The molecule has 2 rings (SSSR count). The number of hydrogen-bond acceptors (Lipinski definition) is 5. The van der Waals surface area contributed by atoms with E-state index in [2.05, 4.69) is 27.3 Å². The van der Waals surface area contributed by atoms with E-state index in [-0.39, 0.29) is 0 Å². The zero-order valence-electron chi connectivity index (χ0n) is 12.2. The molecule has 0 aliphatic carbocycles. The Labute approximate surface area is 115 Å². The number of aryl methyl sites for hydroxylation is 1. The topological polar surface area (TPSA) is 54.2 Å². The lowest BCUT2D eigenvalue weighted by Gasteiger charge is -2.30. The van der Waals surface area contributed by atoms with Crippen LogP contribution in [0.1, 0.15) is 44.3 Å². The summed E-state index contributed by atoms with van der Waals surface area (Å²) >= 11 is 0. The lowest BCUT2D eigenvalue weighted by Crippen LogP contribution is -2.36. The standard InChI is InChI=1S/C14H26N4O/c1-3-4-5-13-16-14(19-17-13)11-18-8-6-12(7-9-18)10-15-2/h12,15H,3-11H2,1-2H3. The summed E-state index contributed by atoms with van der Waals surface area (Å²) in [6, 6.07) is 0. The number of nitrogens with zero attached hydrogens (tertiary/aromatic N) is 3. The molecule has 0 atom stereocenters. The van der Waals surface area contributed by atoms with E-state index in [1.54, 1.807) is 0 Å². The average Bonchev–Trinajstić information content (AvgIpc) is 2.87. The normalized spacial score (nSPS) is 18.0. The molecule has 5 heteroatoms. The number of unbranched alkanes of at least 4 members (excludes halogenated alkanes) is 1. The fourth-order valence-electron chi connectivity index (χ4n) is 2.62. The smallest absolute Gasteiger partial charge is 0.240 e. The van der Waals surface area contributed by atoms with E-state index in [0.717, 1.165) is 56.7 Å². The molecule has 1 aromatic rings. The summed E-state index contributed by atoms with van der Waals surface area (Å²) in [6.07, 6.45) is 5.76. The molecule has 0 aromatic carbocycles. The maximum atomic E-state index is 5.32. The third kappa shape index (κ3) is 4.58. The Morgan fingerprint density at radius 3 is 2.84 bits per heavy atom. The van der Waals surface area contributed by atoms with Gasteiger partial charge in [-0.05, 0) is 51.9 Å². The molecule has 1 fully saturated rings. The Kier molecular flexibility index (Phi) is 5.79. The summed E-state index contributed by atoms with van der Waals surface area (Å²) in [5, 5.41) is 7.31. The van der Waals surface area contributed by atoms with Crippen LogP contribution in [0.5, 0.6) is 0 Å². The molecule has 0 saturated carbocycles. The van der Waals surface area contributed by atoms with E-state index in [4.69, 9.17) is 4.52 Å². The van der Waals surface area contributed by atoms with Crippen molar-refractivity contribution in [1.29, 1.82) is 0 Å². The third-order valence-electron chi connectivity index (χ3n) is 3.82. The van der Waals surface area contributed by atoms with Gasteiger partial charge in [0.2, 0.25) is 5.89 Å². The molecular formula is C14H26N4O. The minimum Gasteiger partial charge on any atom is -0.338 e. The number of rotatable bonds is 7. The van der Waals surface area contributed by atoms with Crippen molar-refractivity contribution in [3.05, 3.63) is 11.7 Å². The van der Waals surface area contributed by atoms with Gasteiger partial charge in [-0.1, -0.05) is 18.5 Å². The number of likely N-dealkylation sites (tertiary alicyclic amines) is 1. The Bertz CT molecular complexity index is 358. The number of nitrogens with one attached hydrogen (secondary N) is 1. The first-order chi connectivity index (χ1) is 9.31. The number of piperidine rings is 1. The van der Waals surface area contributed by atoms with Gasteiger partial charge in [0.15, 0.2) is 5.82 Å². The molecule has 19 heavy (non-hydrogen) atoms. The molecule has 5 nitrogen and oxygen atoms in total. The van der Waals surface area contributed by atoms with Crippen molar-refractivity contribution >= 4 is 0 Å². The lowest BCUT2D eigenvalue weighted by molar-refractivity contribution is 0.158. The zero-order chi connectivity index (χ0) is 13.5. The fraction of sp³-hybridized carbons (Fsp3) is 0.857. The summed E-state index contributed by atoms with van der Waals surface area (Å²) in [5.74, 6) is 2.46. The van der Waals surface area contributed by atoms with Gasteiger partial charge in [0, 0.05) is 6.42 Å². The maximum absolute atomic E-state index is 5.32. The molecular weight excluding hydrogens is 240 g/mol. The summed E-state index contributed by atoms with van der Waals surface area (Å²) in [7, 11) is 2.03. The van der Waals surface area contributed by atoms with Crippen molar-refractivity contribution < 1.29 is 4.52 Å². The van der Waals surface area contributed by atoms with Crippen LogP contribution in [0.2, 0.25) is 0 Å². The van der Waals surface area contributed by atoms with Gasteiger partial charge < -0.3 is 9.84 Å². The molecule has 1 aliphatic rings. The van der Waals surface area contributed by atoms with Crippen LogP contribution in [0.15, 0.2) is 4.52 Å². The van der Waals surface area contributed by atoms with Crippen molar-refractivity contribution in [1.82, 2.24) is 20.4 Å². The molecule has 0 radical (unpaired) electrons. The summed E-state index contributed by atoms with van der Waals surface area (Å²) < 4.78 is 5.32. The largest absolute Gasteiger partial charge is 0.338 e. The second-order valence-corrected chi connectivity index (χ2v) is 5.49. The van der Waals surface area contributed by atoms with Crippen molar-refractivity contribution in [3.63, 3.8) is 0 Å². The van der Waals surface area contributed by atoms with Gasteiger partial charge in [-0.25, -0.2) is 0 Å². The van der Waals surface area contributed by atoms with Crippen LogP contribution in [0.25, 0.3) is 0 Å². The summed E-state index contributed by atoms with van der Waals surface area (Å²) in [6.45, 7) is 6.40. The van der Waals surface area contributed by atoms with Crippen LogP contribution in [-0.2, 0) is 13.0 Å². The number of aromatic nitrogens is 2. The molecule has 1 aromatic heterocycles. The summed E-state index contributed by atoms with van der Waals surface area (Å²) in [5.41, 5.74) is 0. The van der Waals surface area contributed by atoms with E-state index in [1.165, 1.54) is 19.3 Å². The molecule has 0 spiro atoms. The highest BCUT2D eigenvalue weighted by atomic mass is 16.5. The summed E-state index contributed by atoms with van der Waals surface area (Å²) in [4.78, 5) is 6.89. The second kappa shape index (κ2) is 7.60. The highest BCUT2D eigenvalue weighted by molar-refractivity contribution is 4.87. The Morgan fingerprint density at radius 2 is 2.16 bits per heavy atom. The fourth-order valence-corrected chi connectivity index (χ4v) is 2.62. The first kappa shape index (κ1) is 14.5. The van der Waals surface area contributed by atoms with Crippen LogP contribution < -0.4 is 5.32 Å². The SMILES string of the molecule is CCCCc1noc(CN2CCC(CNC)CC2)n1. The van der Waals surface area contributed by atoms with Gasteiger partial charge in [-0.2, -0.15) is 4.98 Å². The van der Waals surface area contributed by atoms with Gasteiger partial charge in [-0.3, -0.25) is 4.90 Å². The maximum Gasteiger partial charge on any atom is 0.240 e.